The van der Waals surface area contributed by atoms with Gasteiger partial charge in [0.15, 0.2) is 5.11 Å². The highest BCUT2D eigenvalue weighted by atomic mass is 32.2. The first-order chi connectivity index (χ1) is 22.7. The number of nitrogens with zero attached hydrogens (tertiary/aromatic N) is 2. The van der Waals surface area contributed by atoms with Crippen molar-refractivity contribution in [3.8, 4) is 17.1 Å². The minimum atomic E-state index is -1.88. The van der Waals surface area contributed by atoms with Crippen molar-refractivity contribution in [2.45, 2.75) is 44.6 Å². The molecule has 2 aromatic heterocycles. The molecule has 0 aliphatic carbocycles. The molecular formula is C34H32N4O7S2. The molecule has 6 rings (SSSR count). The van der Waals surface area contributed by atoms with Crippen LogP contribution in [0.1, 0.15) is 46.8 Å². The Hall–Kier alpha value is -4.75. The summed E-state index contributed by atoms with van der Waals surface area (Å²) >= 11 is 6.89. The number of hydrogen-bond donors (Lipinski definition) is 2. The number of esters is 2. The standard InChI is InChI=1S/C34H32N4O7S2/c1-4-34(45-31(41)26(13-14-47-3)36-33(46)37-29(39)19-9-11-22(43-2)12-10-19)24-16-27-28-21(15-20-7-5-6-8-25(20)35-28)17-38(27)30(40)23(24)18-44-32(34)42/h5-12,15-16,26H,4,13-14,17-18H2,1-3H3,(H2,36,37,39,46)/t26-,34-/m0/s1. The number of thioether (sulfide) groups is 1. The molecule has 13 heteroatoms. The molecular weight excluding hydrogens is 641 g/mol. The Labute approximate surface area is 280 Å². The van der Waals surface area contributed by atoms with Gasteiger partial charge in [0.1, 0.15) is 18.4 Å². The van der Waals surface area contributed by atoms with Gasteiger partial charge in [-0.05, 0) is 79.5 Å². The number of pyridine rings is 2. The first-order valence-corrected chi connectivity index (χ1v) is 16.8. The molecule has 0 bridgehead atoms. The van der Waals surface area contributed by atoms with Gasteiger partial charge in [0.2, 0.25) is 5.60 Å². The Kier molecular flexibility index (Phi) is 9.02. The number of fused-ring (bicyclic) bond motifs is 5. The van der Waals surface area contributed by atoms with Gasteiger partial charge in [-0.25, -0.2) is 14.6 Å². The second-order valence-corrected chi connectivity index (χ2v) is 12.6. The number of methoxy groups -OCH3 is 1. The smallest absolute Gasteiger partial charge is 0.355 e. The van der Waals surface area contributed by atoms with E-state index in [-0.39, 0.29) is 41.2 Å². The summed E-state index contributed by atoms with van der Waals surface area (Å²) in [6.45, 7) is 1.77. The third-order valence-corrected chi connectivity index (χ3v) is 9.30. The van der Waals surface area contributed by atoms with Gasteiger partial charge in [-0.15, -0.1) is 0 Å². The summed E-state index contributed by atoms with van der Waals surface area (Å²) in [4.78, 5) is 58.9. The topological polar surface area (TPSA) is 138 Å². The number of hydrogen-bond acceptors (Lipinski definition) is 10. The van der Waals surface area contributed by atoms with Gasteiger partial charge in [-0.3, -0.25) is 14.9 Å². The molecule has 2 atom stereocenters. The van der Waals surface area contributed by atoms with Gasteiger partial charge >= 0.3 is 11.9 Å². The summed E-state index contributed by atoms with van der Waals surface area (Å²) < 4.78 is 18.3. The lowest BCUT2D eigenvalue weighted by Gasteiger charge is -2.36. The van der Waals surface area contributed by atoms with Crippen LogP contribution in [0.25, 0.3) is 22.3 Å². The number of para-hydroxylation sites is 1. The SMILES string of the molecule is CC[C@@]1(OC(=O)[C@H](CCSC)NC(=S)NC(=O)c2ccc(OC)cc2)C(=O)OCc2c1cc1n(c2=O)Cc2cc3ccccc3nc2-1. The van der Waals surface area contributed by atoms with Crippen LogP contribution in [0.5, 0.6) is 5.75 Å². The summed E-state index contributed by atoms with van der Waals surface area (Å²) in [6.07, 6.45) is 2.17. The van der Waals surface area contributed by atoms with Crippen molar-refractivity contribution in [2.24, 2.45) is 0 Å². The molecule has 11 nitrogen and oxygen atoms in total. The first-order valence-electron chi connectivity index (χ1n) is 15.0. The van der Waals surface area contributed by atoms with Gasteiger partial charge in [0.05, 0.1) is 36.1 Å². The fraction of sp³-hybridized carbons (Fsp3) is 0.294. The molecule has 0 fully saturated rings. The van der Waals surface area contributed by atoms with Crippen LogP contribution >= 0.6 is 24.0 Å². The van der Waals surface area contributed by atoms with Crippen LogP contribution in [0.15, 0.2) is 65.5 Å². The van der Waals surface area contributed by atoms with Crippen molar-refractivity contribution < 1.29 is 28.6 Å². The molecule has 0 spiro atoms. The van der Waals surface area contributed by atoms with Crippen LogP contribution in [0.3, 0.4) is 0 Å². The zero-order valence-electron chi connectivity index (χ0n) is 26.0. The quantitative estimate of drug-likeness (QED) is 0.173. The van der Waals surface area contributed by atoms with Gasteiger partial charge in [0, 0.05) is 22.1 Å². The predicted molar refractivity (Wildman–Crippen MR) is 181 cm³/mol. The molecule has 0 saturated heterocycles. The third-order valence-electron chi connectivity index (χ3n) is 8.44. The number of amides is 1. The minimum absolute atomic E-state index is 0.0133. The fourth-order valence-electron chi connectivity index (χ4n) is 5.92. The Morgan fingerprint density at radius 2 is 1.91 bits per heavy atom. The van der Waals surface area contributed by atoms with E-state index >= 15 is 0 Å². The normalized spacial score (nSPS) is 16.7. The van der Waals surface area contributed by atoms with Crippen LogP contribution < -0.4 is 20.9 Å². The number of carbonyl (C=O) groups is 3. The molecule has 1 amide bonds. The zero-order valence-corrected chi connectivity index (χ0v) is 27.6. The maximum atomic E-state index is 13.9. The molecule has 2 aromatic carbocycles. The second kappa shape index (κ2) is 13.2. The van der Waals surface area contributed by atoms with E-state index in [9.17, 15) is 19.2 Å². The predicted octanol–water partition coefficient (Wildman–Crippen LogP) is 4.07. The number of ether oxygens (including phenoxy) is 3. The van der Waals surface area contributed by atoms with E-state index in [0.717, 1.165) is 16.5 Å². The summed E-state index contributed by atoms with van der Waals surface area (Å²) in [6, 6.07) is 16.9. The van der Waals surface area contributed by atoms with E-state index in [1.165, 1.54) is 18.9 Å². The lowest BCUT2D eigenvalue weighted by molar-refractivity contribution is -0.190. The Morgan fingerprint density at radius 3 is 2.64 bits per heavy atom. The maximum absolute atomic E-state index is 13.9. The van der Waals surface area contributed by atoms with Crippen molar-refractivity contribution >= 4 is 57.8 Å². The molecule has 2 aliphatic heterocycles. The van der Waals surface area contributed by atoms with Gasteiger partial charge in [0.25, 0.3) is 11.5 Å². The first kappa shape index (κ1) is 32.2. The average Bonchev–Trinajstić information content (AvgIpc) is 3.44. The Balaban J connectivity index is 1.30. The molecule has 2 aliphatic rings. The molecule has 47 heavy (non-hydrogen) atoms. The van der Waals surface area contributed by atoms with Crippen LogP contribution in [-0.2, 0) is 37.8 Å². The molecule has 0 unspecified atom stereocenters. The molecule has 4 aromatic rings. The number of carbonyl (C=O) groups excluding carboxylic acids is 3. The Bertz CT molecular complexity index is 1980. The monoisotopic (exact) mass is 672 g/mol. The van der Waals surface area contributed by atoms with Crippen molar-refractivity contribution in [1.82, 2.24) is 20.2 Å². The number of cyclic esters (lactones) is 1. The largest absolute Gasteiger partial charge is 0.497 e. The summed E-state index contributed by atoms with van der Waals surface area (Å²) in [5.41, 5.74) is 1.48. The van der Waals surface area contributed by atoms with Crippen molar-refractivity contribution in [3.05, 3.63) is 93.3 Å². The van der Waals surface area contributed by atoms with E-state index in [4.69, 9.17) is 31.4 Å². The van der Waals surface area contributed by atoms with E-state index in [1.807, 2.05) is 36.6 Å². The molecule has 0 radical (unpaired) electrons. The third kappa shape index (κ3) is 5.96. The fourth-order valence-corrected chi connectivity index (χ4v) is 6.63. The highest BCUT2D eigenvalue weighted by Crippen LogP contribution is 2.41. The van der Waals surface area contributed by atoms with Crippen molar-refractivity contribution in [1.29, 1.82) is 0 Å². The molecule has 2 N–H and O–H groups in total. The second-order valence-electron chi connectivity index (χ2n) is 11.2. The Morgan fingerprint density at radius 1 is 1.15 bits per heavy atom. The molecule has 4 heterocycles. The number of aromatic nitrogens is 2. The van der Waals surface area contributed by atoms with E-state index < -0.39 is 29.5 Å². The van der Waals surface area contributed by atoms with Crippen LogP contribution in [0.2, 0.25) is 0 Å². The minimum Gasteiger partial charge on any atom is -0.497 e. The zero-order chi connectivity index (χ0) is 33.3. The van der Waals surface area contributed by atoms with Gasteiger partial charge in [-0.2, -0.15) is 11.8 Å². The van der Waals surface area contributed by atoms with E-state index in [1.54, 1.807) is 41.8 Å². The highest BCUT2D eigenvalue weighted by molar-refractivity contribution is 7.98. The van der Waals surface area contributed by atoms with E-state index in [0.29, 0.717) is 35.0 Å². The number of benzene rings is 2. The summed E-state index contributed by atoms with van der Waals surface area (Å²) in [7, 11) is 1.53. The number of rotatable bonds is 9. The van der Waals surface area contributed by atoms with Crippen LogP contribution in [0.4, 0.5) is 0 Å². The molecule has 0 saturated carbocycles. The number of nitrogens with one attached hydrogen (secondary N) is 2. The van der Waals surface area contributed by atoms with Crippen LogP contribution in [-0.4, -0.2) is 57.7 Å². The van der Waals surface area contributed by atoms with Crippen molar-refractivity contribution in [3.63, 3.8) is 0 Å². The number of thiocarbonyl (C=S) groups is 1. The lowest BCUT2D eigenvalue weighted by Crippen LogP contribution is -2.53. The van der Waals surface area contributed by atoms with Gasteiger partial charge in [-0.1, -0.05) is 25.1 Å². The highest BCUT2D eigenvalue weighted by Gasteiger charge is 2.51. The summed E-state index contributed by atoms with van der Waals surface area (Å²) in [5, 5.41) is 6.34. The average molecular weight is 673 g/mol. The maximum Gasteiger partial charge on any atom is 0.355 e. The summed E-state index contributed by atoms with van der Waals surface area (Å²) in [5.74, 6) is -0.886. The van der Waals surface area contributed by atoms with Crippen LogP contribution in [0, 0.1) is 0 Å². The van der Waals surface area contributed by atoms with Crippen molar-refractivity contribution in [2.75, 3.05) is 19.1 Å². The van der Waals surface area contributed by atoms with E-state index in [2.05, 4.69) is 10.6 Å². The lowest BCUT2D eigenvalue weighted by atomic mass is 9.85. The molecule has 242 valence electrons. The van der Waals surface area contributed by atoms with Gasteiger partial charge < -0.3 is 24.1 Å².